The lowest BCUT2D eigenvalue weighted by Gasteiger charge is -1.98. The van der Waals surface area contributed by atoms with E-state index in [4.69, 9.17) is 5.73 Å². The SMILES string of the molecule is Nc1cc(CF)ccc1Br. The van der Waals surface area contributed by atoms with Gasteiger partial charge >= 0.3 is 0 Å². The number of halogens is 2. The number of anilines is 1. The monoisotopic (exact) mass is 203 g/mol. The third-order valence-corrected chi connectivity index (χ3v) is 1.94. The highest BCUT2D eigenvalue weighted by atomic mass is 79.9. The normalized spacial score (nSPS) is 9.80. The highest BCUT2D eigenvalue weighted by Crippen LogP contribution is 2.20. The second-order valence-electron chi connectivity index (χ2n) is 1.99. The van der Waals surface area contributed by atoms with Gasteiger partial charge in [-0.3, -0.25) is 0 Å². The molecule has 1 aromatic carbocycles. The molecule has 0 heterocycles. The summed E-state index contributed by atoms with van der Waals surface area (Å²) >= 11 is 3.21. The maximum atomic E-state index is 12.0. The Bertz CT molecular complexity index is 237. The Morgan fingerprint density at radius 3 is 2.70 bits per heavy atom. The van der Waals surface area contributed by atoms with Crippen LogP contribution in [0.5, 0.6) is 0 Å². The van der Waals surface area contributed by atoms with Crippen molar-refractivity contribution in [1.29, 1.82) is 0 Å². The Labute approximate surface area is 67.2 Å². The minimum absolute atomic E-state index is 0.461. The zero-order valence-corrected chi connectivity index (χ0v) is 6.86. The molecule has 0 saturated carbocycles. The Balaban J connectivity index is 3.04. The van der Waals surface area contributed by atoms with Gasteiger partial charge in [0.2, 0.25) is 0 Å². The molecule has 1 aromatic rings. The van der Waals surface area contributed by atoms with Crippen LogP contribution in [0.4, 0.5) is 10.1 Å². The minimum atomic E-state index is -0.461. The largest absolute Gasteiger partial charge is 0.398 e. The zero-order valence-electron chi connectivity index (χ0n) is 5.27. The van der Waals surface area contributed by atoms with Gasteiger partial charge in [-0.25, -0.2) is 4.39 Å². The van der Waals surface area contributed by atoms with Crippen molar-refractivity contribution in [2.75, 3.05) is 5.73 Å². The van der Waals surface area contributed by atoms with Gasteiger partial charge in [-0.1, -0.05) is 6.07 Å². The first-order valence-corrected chi connectivity index (χ1v) is 3.63. The maximum Gasteiger partial charge on any atom is 0.115 e. The molecule has 0 radical (unpaired) electrons. The molecule has 0 saturated heterocycles. The molecule has 2 N–H and O–H groups in total. The smallest absolute Gasteiger partial charge is 0.115 e. The van der Waals surface area contributed by atoms with E-state index in [0.717, 1.165) is 4.47 Å². The number of alkyl halides is 1. The lowest BCUT2D eigenvalue weighted by Crippen LogP contribution is -1.87. The summed E-state index contributed by atoms with van der Waals surface area (Å²) in [4.78, 5) is 0. The van der Waals surface area contributed by atoms with Crippen LogP contribution in [0.1, 0.15) is 5.56 Å². The fourth-order valence-corrected chi connectivity index (χ4v) is 0.923. The van der Waals surface area contributed by atoms with E-state index in [1.54, 1.807) is 18.2 Å². The summed E-state index contributed by atoms with van der Waals surface area (Å²) in [6.07, 6.45) is 0. The van der Waals surface area contributed by atoms with Crippen LogP contribution < -0.4 is 5.73 Å². The van der Waals surface area contributed by atoms with E-state index >= 15 is 0 Å². The molecule has 0 bridgehead atoms. The predicted octanol–water partition coefficient (Wildman–Crippen LogP) is 2.50. The van der Waals surface area contributed by atoms with Crippen LogP contribution in [-0.2, 0) is 6.67 Å². The van der Waals surface area contributed by atoms with Crippen LogP contribution in [0, 0.1) is 0 Å². The van der Waals surface area contributed by atoms with Gasteiger partial charge < -0.3 is 5.73 Å². The van der Waals surface area contributed by atoms with E-state index < -0.39 is 6.67 Å². The Morgan fingerprint density at radius 1 is 1.50 bits per heavy atom. The van der Waals surface area contributed by atoms with Gasteiger partial charge in [0.15, 0.2) is 0 Å². The van der Waals surface area contributed by atoms with Gasteiger partial charge in [-0.2, -0.15) is 0 Å². The number of hydrogen-bond donors (Lipinski definition) is 1. The Hall–Kier alpha value is -0.570. The van der Waals surface area contributed by atoms with Crippen molar-refractivity contribution < 1.29 is 4.39 Å². The highest BCUT2D eigenvalue weighted by Gasteiger charge is 1.95. The molecule has 54 valence electrons. The van der Waals surface area contributed by atoms with Crippen molar-refractivity contribution in [2.24, 2.45) is 0 Å². The summed E-state index contributed by atoms with van der Waals surface area (Å²) in [6.45, 7) is -0.461. The molecule has 10 heavy (non-hydrogen) atoms. The Morgan fingerprint density at radius 2 is 2.20 bits per heavy atom. The van der Waals surface area contributed by atoms with Crippen LogP contribution >= 0.6 is 15.9 Å². The number of benzene rings is 1. The Kier molecular flexibility index (Phi) is 2.27. The van der Waals surface area contributed by atoms with Gasteiger partial charge in [0.05, 0.1) is 0 Å². The molecule has 1 rings (SSSR count). The first-order valence-electron chi connectivity index (χ1n) is 2.84. The first kappa shape index (κ1) is 7.54. The molecule has 0 spiro atoms. The summed E-state index contributed by atoms with van der Waals surface area (Å²) in [7, 11) is 0. The van der Waals surface area contributed by atoms with Crippen molar-refractivity contribution in [1.82, 2.24) is 0 Å². The van der Waals surface area contributed by atoms with Gasteiger partial charge in [-0.05, 0) is 33.6 Å². The first-order chi connectivity index (χ1) is 4.74. The second-order valence-corrected chi connectivity index (χ2v) is 2.84. The van der Waals surface area contributed by atoms with Crippen LogP contribution in [0.15, 0.2) is 22.7 Å². The zero-order chi connectivity index (χ0) is 7.56. The molecule has 0 aliphatic rings. The molecular formula is C7H7BrFN. The molecule has 1 nitrogen and oxygen atoms in total. The number of nitrogens with two attached hydrogens (primary N) is 1. The van der Waals surface area contributed by atoms with E-state index in [1.807, 2.05) is 0 Å². The van der Waals surface area contributed by atoms with E-state index in [1.165, 1.54) is 0 Å². The van der Waals surface area contributed by atoms with Gasteiger partial charge in [0.25, 0.3) is 0 Å². The standard InChI is InChI=1S/C7H7BrFN/c8-6-2-1-5(4-9)3-7(6)10/h1-3H,4,10H2. The van der Waals surface area contributed by atoms with Gasteiger partial charge in [0, 0.05) is 10.2 Å². The molecule has 3 heteroatoms. The number of hydrogen-bond acceptors (Lipinski definition) is 1. The van der Waals surface area contributed by atoms with Gasteiger partial charge in [-0.15, -0.1) is 0 Å². The summed E-state index contributed by atoms with van der Waals surface area (Å²) < 4.78 is 12.8. The van der Waals surface area contributed by atoms with E-state index in [2.05, 4.69) is 15.9 Å². The molecule has 0 aliphatic carbocycles. The molecule has 0 fully saturated rings. The third kappa shape index (κ3) is 1.48. The molecule has 0 unspecified atom stereocenters. The van der Waals surface area contributed by atoms with Crippen LogP contribution in [-0.4, -0.2) is 0 Å². The highest BCUT2D eigenvalue weighted by molar-refractivity contribution is 9.10. The lowest BCUT2D eigenvalue weighted by atomic mass is 10.2. The number of rotatable bonds is 1. The van der Waals surface area contributed by atoms with Crippen molar-refractivity contribution >= 4 is 21.6 Å². The summed E-state index contributed by atoms with van der Waals surface area (Å²) in [5.41, 5.74) is 6.67. The predicted molar refractivity (Wildman–Crippen MR) is 43.4 cm³/mol. The minimum Gasteiger partial charge on any atom is -0.398 e. The van der Waals surface area contributed by atoms with Crippen LogP contribution in [0.3, 0.4) is 0 Å². The summed E-state index contributed by atoms with van der Waals surface area (Å²) in [5.74, 6) is 0. The van der Waals surface area contributed by atoms with Crippen molar-refractivity contribution in [3.05, 3.63) is 28.2 Å². The molecule has 0 atom stereocenters. The third-order valence-electron chi connectivity index (χ3n) is 1.21. The average molecular weight is 204 g/mol. The molecule has 0 amide bonds. The van der Waals surface area contributed by atoms with E-state index in [-0.39, 0.29) is 0 Å². The molecular weight excluding hydrogens is 197 g/mol. The maximum absolute atomic E-state index is 12.0. The van der Waals surface area contributed by atoms with Crippen molar-refractivity contribution in [3.8, 4) is 0 Å². The van der Waals surface area contributed by atoms with E-state index in [0.29, 0.717) is 11.3 Å². The fourth-order valence-electron chi connectivity index (χ4n) is 0.676. The molecule has 0 aliphatic heterocycles. The summed E-state index contributed by atoms with van der Waals surface area (Å²) in [5, 5.41) is 0. The average Bonchev–Trinajstić information content (AvgIpc) is 1.95. The number of nitrogen functional groups attached to an aromatic ring is 1. The van der Waals surface area contributed by atoms with Crippen LogP contribution in [0.25, 0.3) is 0 Å². The van der Waals surface area contributed by atoms with Gasteiger partial charge in [0.1, 0.15) is 6.67 Å². The fraction of sp³-hybridized carbons (Fsp3) is 0.143. The van der Waals surface area contributed by atoms with Crippen LogP contribution in [0.2, 0.25) is 0 Å². The summed E-state index contributed by atoms with van der Waals surface area (Å²) in [6, 6.07) is 5.05. The second kappa shape index (κ2) is 3.01. The topological polar surface area (TPSA) is 26.0 Å². The van der Waals surface area contributed by atoms with Crippen molar-refractivity contribution in [2.45, 2.75) is 6.67 Å². The van der Waals surface area contributed by atoms with Crippen molar-refractivity contribution in [3.63, 3.8) is 0 Å². The van der Waals surface area contributed by atoms with E-state index in [9.17, 15) is 4.39 Å². The molecule has 0 aromatic heterocycles. The quantitative estimate of drug-likeness (QED) is 0.698. The lowest BCUT2D eigenvalue weighted by molar-refractivity contribution is 0.485.